The Hall–Kier alpha value is -1.26. The van der Waals surface area contributed by atoms with E-state index >= 15 is 0 Å². The molecule has 0 aromatic heterocycles. The van der Waals surface area contributed by atoms with E-state index in [0.717, 1.165) is 38.3 Å². The van der Waals surface area contributed by atoms with Gasteiger partial charge in [0.05, 0.1) is 13.2 Å². The number of hydrogen-bond donors (Lipinski definition) is 1. The Balaban J connectivity index is 2.20. The van der Waals surface area contributed by atoms with Crippen molar-refractivity contribution in [2.24, 2.45) is 0 Å². The van der Waals surface area contributed by atoms with Crippen LogP contribution in [-0.4, -0.2) is 40.0 Å². The first kappa shape index (κ1) is 16.1. The van der Waals surface area contributed by atoms with Crippen molar-refractivity contribution >= 4 is 5.69 Å². The molecule has 1 atom stereocenters. The number of anilines is 1. The Morgan fingerprint density at radius 3 is 2.62 bits per heavy atom. The second kappa shape index (κ2) is 7.66. The molecule has 1 aromatic rings. The van der Waals surface area contributed by atoms with Crippen molar-refractivity contribution in [1.82, 2.24) is 5.32 Å². The van der Waals surface area contributed by atoms with Gasteiger partial charge in [-0.25, -0.2) is 0 Å². The van der Waals surface area contributed by atoms with Crippen LogP contribution in [0.4, 0.5) is 5.69 Å². The summed E-state index contributed by atoms with van der Waals surface area (Å²) >= 11 is 0. The van der Waals surface area contributed by atoms with E-state index in [1.165, 1.54) is 11.3 Å². The summed E-state index contributed by atoms with van der Waals surface area (Å²) in [5.74, 6) is 0.960. The van der Waals surface area contributed by atoms with Gasteiger partial charge >= 0.3 is 0 Å². The van der Waals surface area contributed by atoms with Crippen LogP contribution in [0.3, 0.4) is 0 Å². The molecular formula is C17H28N2O2. The minimum Gasteiger partial charge on any atom is -0.496 e. The molecule has 1 aliphatic rings. The Morgan fingerprint density at radius 2 is 2.05 bits per heavy atom. The van der Waals surface area contributed by atoms with Gasteiger partial charge in [0.25, 0.3) is 0 Å². The largest absolute Gasteiger partial charge is 0.496 e. The van der Waals surface area contributed by atoms with Crippen LogP contribution in [0.5, 0.6) is 5.75 Å². The van der Waals surface area contributed by atoms with Gasteiger partial charge in [0.1, 0.15) is 5.75 Å². The van der Waals surface area contributed by atoms with Crippen LogP contribution in [0.2, 0.25) is 0 Å². The van der Waals surface area contributed by atoms with E-state index in [9.17, 15) is 0 Å². The highest BCUT2D eigenvalue weighted by Gasteiger charge is 2.24. The zero-order chi connectivity index (χ0) is 15.2. The third-order valence-electron chi connectivity index (χ3n) is 4.31. The van der Waals surface area contributed by atoms with Crippen molar-refractivity contribution < 1.29 is 9.47 Å². The first-order valence-electron chi connectivity index (χ1n) is 7.92. The molecule has 1 unspecified atom stereocenters. The molecule has 0 spiro atoms. The zero-order valence-corrected chi connectivity index (χ0v) is 13.7. The first-order chi connectivity index (χ1) is 10.2. The number of hydrogen-bond acceptors (Lipinski definition) is 4. The molecule has 1 aromatic carbocycles. The highest BCUT2D eigenvalue weighted by Crippen LogP contribution is 2.35. The number of nitrogens with one attached hydrogen (secondary N) is 1. The van der Waals surface area contributed by atoms with E-state index in [4.69, 9.17) is 9.47 Å². The first-order valence-corrected chi connectivity index (χ1v) is 7.92. The Morgan fingerprint density at radius 1 is 1.33 bits per heavy atom. The lowest BCUT2D eigenvalue weighted by Crippen LogP contribution is -2.38. The van der Waals surface area contributed by atoms with Gasteiger partial charge in [0.2, 0.25) is 0 Å². The molecule has 21 heavy (non-hydrogen) atoms. The van der Waals surface area contributed by atoms with E-state index in [2.05, 4.69) is 36.2 Å². The maximum Gasteiger partial charge on any atom is 0.125 e. The van der Waals surface area contributed by atoms with Crippen molar-refractivity contribution in [2.75, 3.05) is 38.8 Å². The van der Waals surface area contributed by atoms with Crippen LogP contribution < -0.4 is 15.0 Å². The quantitative estimate of drug-likeness (QED) is 0.874. The van der Waals surface area contributed by atoms with Gasteiger partial charge in [0, 0.05) is 37.0 Å². The second-order valence-corrected chi connectivity index (χ2v) is 5.55. The lowest BCUT2D eigenvalue weighted by atomic mass is 10.0. The minimum atomic E-state index is 0.265. The Labute approximate surface area is 128 Å². The SMILES string of the molecule is CCOC1CCN(c2cccc(OC)c2C(C)NC)CC1. The predicted molar refractivity (Wildman–Crippen MR) is 87.3 cm³/mol. The van der Waals surface area contributed by atoms with Crippen LogP contribution in [0, 0.1) is 0 Å². The molecule has 0 aliphatic carbocycles. The summed E-state index contributed by atoms with van der Waals surface area (Å²) in [7, 11) is 3.73. The van der Waals surface area contributed by atoms with Crippen LogP contribution in [-0.2, 0) is 4.74 Å². The average molecular weight is 292 g/mol. The van der Waals surface area contributed by atoms with Gasteiger partial charge < -0.3 is 19.7 Å². The number of rotatable bonds is 6. The Kier molecular flexibility index (Phi) is 5.88. The van der Waals surface area contributed by atoms with Crippen molar-refractivity contribution in [3.05, 3.63) is 23.8 Å². The predicted octanol–water partition coefficient (Wildman–Crippen LogP) is 2.98. The molecule has 118 valence electrons. The van der Waals surface area contributed by atoms with Gasteiger partial charge in [-0.3, -0.25) is 0 Å². The molecule has 0 amide bonds. The summed E-state index contributed by atoms with van der Waals surface area (Å²) in [6, 6.07) is 6.59. The highest BCUT2D eigenvalue weighted by molar-refractivity contribution is 5.61. The van der Waals surface area contributed by atoms with Crippen molar-refractivity contribution in [2.45, 2.75) is 38.8 Å². The molecule has 4 heteroatoms. The van der Waals surface area contributed by atoms with Gasteiger partial charge in [-0.05, 0) is 45.9 Å². The molecule has 1 fully saturated rings. The lowest BCUT2D eigenvalue weighted by molar-refractivity contribution is 0.0459. The standard InChI is InChI=1S/C17H28N2O2/c1-5-21-14-9-11-19(12-10-14)15-7-6-8-16(20-4)17(15)13(2)18-3/h6-8,13-14,18H,5,9-12H2,1-4H3. The molecule has 1 heterocycles. The monoisotopic (exact) mass is 292 g/mol. The maximum atomic E-state index is 5.75. The van der Waals surface area contributed by atoms with E-state index in [-0.39, 0.29) is 6.04 Å². The summed E-state index contributed by atoms with van der Waals surface area (Å²) in [6.45, 7) is 7.14. The molecule has 0 radical (unpaired) electrons. The molecule has 1 N–H and O–H groups in total. The minimum absolute atomic E-state index is 0.265. The molecule has 2 rings (SSSR count). The zero-order valence-electron chi connectivity index (χ0n) is 13.7. The van der Waals surface area contributed by atoms with Crippen LogP contribution in [0.25, 0.3) is 0 Å². The maximum absolute atomic E-state index is 5.75. The highest BCUT2D eigenvalue weighted by atomic mass is 16.5. The van der Waals surface area contributed by atoms with Crippen LogP contribution in [0.1, 0.15) is 38.3 Å². The lowest BCUT2D eigenvalue weighted by Gasteiger charge is -2.35. The van der Waals surface area contributed by atoms with Gasteiger partial charge in [-0.2, -0.15) is 0 Å². The molecule has 4 nitrogen and oxygen atoms in total. The van der Waals surface area contributed by atoms with Gasteiger partial charge in [-0.15, -0.1) is 0 Å². The molecule has 1 aliphatic heterocycles. The van der Waals surface area contributed by atoms with Gasteiger partial charge in [-0.1, -0.05) is 6.07 Å². The van der Waals surface area contributed by atoms with E-state index in [1.54, 1.807) is 7.11 Å². The molecular weight excluding hydrogens is 264 g/mol. The van der Waals surface area contributed by atoms with E-state index in [0.29, 0.717) is 6.10 Å². The van der Waals surface area contributed by atoms with Crippen LogP contribution >= 0.6 is 0 Å². The number of ether oxygens (including phenoxy) is 2. The smallest absolute Gasteiger partial charge is 0.125 e. The van der Waals surface area contributed by atoms with Crippen molar-refractivity contribution in [3.8, 4) is 5.75 Å². The summed E-state index contributed by atoms with van der Waals surface area (Å²) in [6.07, 6.45) is 2.61. The van der Waals surface area contributed by atoms with E-state index < -0.39 is 0 Å². The summed E-state index contributed by atoms with van der Waals surface area (Å²) in [5.41, 5.74) is 2.53. The van der Waals surface area contributed by atoms with Crippen molar-refractivity contribution in [1.29, 1.82) is 0 Å². The number of nitrogens with zero attached hydrogens (tertiary/aromatic N) is 1. The van der Waals surface area contributed by atoms with Crippen LogP contribution in [0.15, 0.2) is 18.2 Å². The molecule has 0 bridgehead atoms. The number of benzene rings is 1. The normalized spacial score (nSPS) is 17.8. The summed E-state index contributed by atoms with van der Waals surface area (Å²) in [5, 5.41) is 3.33. The third kappa shape index (κ3) is 3.69. The average Bonchev–Trinajstić information content (AvgIpc) is 2.54. The third-order valence-corrected chi connectivity index (χ3v) is 4.31. The summed E-state index contributed by atoms with van der Waals surface area (Å²) < 4.78 is 11.3. The number of piperidine rings is 1. The molecule has 0 saturated carbocycles. The van der Waals surface area contributed by atoms with Gasteiger partial charge in [0.15, 0.2) is 0 Å². The molecule has 1 saturated heterocycles. The fourth-order valence-corrected chi connectivity index (χ4v) is 3.06. The fraction of sp³-hybridized carbons (Fsp3) is 0.647. The Bertz CT molecular complexity index is 442. The van der Waals surface area contributed by atoms with Crippen molar-refractivity contribution in [3.63, 3.8) is 0 Å². The second-order valence-electron chi connectivity index (χ2n) is 5.55. The topological polar surface area (TPSA) is 33.7 Å². The fourth-order valence-electron chi connectivity index (χ4n) is 3.06. The van der Waals surface area contributed by atoms with E-state index in [1.807, 2.05) is 13.1 Å². The summed E-state index contributed by atoms with van der Waals surface area (Å²) in [4.78, 5) is 2.46. The number of methoxy groups -OCH3 is 1.